The average Bonchev–Trinajstić information content (AvgIpc) is 2.68. The third kappa shape index (κ3) is 1.97. The maximum Gasteiger partial charge on any atom is 0.212 e. The van der Waals surface area contributed by atoms with Crippen LogP contribution in [0.5, 0.6) is 5.88 Å². The van der Waals surface area contributed by atoms with Gasteiger partial charge >= 0.3 is 0 Å². The Labute approximate surface area is 105 Å². The standard InChI is InChI=1S/C13H15N3O2/c1-17-12-3-2-9(8-14-12)13-10-4-6-18-7-5-11(10)15-16-13/h2-3,8H,4-7H2,1H3,(H,15,16). The lowest BCUT2D eigenvalue weighted by Gasteiger charge is -2.03. The van der Waals surface area contributed by atoms with Crippen molar-refractivity contribution in [1.82, 2.24) is 15.2 Å². The van der Waals surface area contributed by atoms with Crippen molar-refractivity contribution in [1.29, 1.82) is 0 Å². The Morgan fingerprint density at radius 1 is 1.28 bits per heavy atom. The second-order valence-corrected chi connectivity index (χ2v) is 4.23. The number of H-pyrrole nitrogens is 1. The summed E-state index contributed by atoms with van der Waals surface area (Å²) < 4.78 is 10.5. The molecule has 1 aliphatic heterocycles. The Kier molecular flexibility index (Phi) is 2.98. The lowest BCUT2D eigenvalue weighted by atomic mass is 10.0. The molecule has 0 aliphatic carbocycles. The van der Waals surface area contributed by atoms with Crippen LogP contribution < -0.4 is 4.74 Å². The molecule has 1 N–H and O–H groups in total. The highest BCUT2D eigenvalue weighted by Gasteiger charge is 2.17. The van der Waals surface area contributed by atoms with Crippen molar-refractivity contribution < 1.29 is 9.47 Å². The van der Waals surface area contributed by atoms with E-state index in [1.54, 1.807) is 13.3 Å². The summed E-state index contributed by atoms with van der Waals surface area (Å²) >= 11 is 0. The highest BCUT2D eigenvalue weighted by atomic mass is 16.5. The predicted octanol–water partition coefficient (Wildman–Crippen LogP) is 1.60. The van der Waals surface area contributed by atoms with Gasteiger partial charge in [-0.2, -0.15) is 5.10 Å². The van der Waals surface area contributed by atoms with E-state index in [0.29, 0.717) is 5.88 Å². The zero-order chi connectivity index (χ0) is 12.4. The van der Waals surface area contributed by atoms with Crippen LogP contribution >= 0.6 is 0 Å². The van der Waals surface area contributed by atoms with Gasteiger partial charge in [0, 0.05) is 35.5 Å². The first-order valence-corrected chi connectivity index (χ1v) is 6.03. The zero-order valence-corrected chi connectivity index (χ0v) is 10.3. The fraction of sp³-hybridized carbons (Fsp3) is 0.385. The van der Waals surface area contributed by atoms with Gasteiger partial charge in [0.2, 0.25) is 5.88 Å². The number of rotatable bonds is 2. The summed E-state index contributed by atoms with van der Waals surface area (Å²) in [5, 5.41) is 7.51. The molecule has 3 heterocycles. The molecule has 0 unspecified atom stereocenters. The molecule has 18 heavy (non-hydrogen) atoms. The smallest absolute Gasteiger partial charge is 0.212 e. The first kappa shape index (κ1) is 11.2. The Bertz CT molecular complexity index is 534. The average molecular weight is 245 g/mol. The molecule has 2 aromatic rings. The van der Waals surface area contributed by atoms with Crippen LogP contribution in [0.25, 0.3) is 11.3 Å². The minimum absolute atomic E-state index is 0.615. The van der Waals surface area contributed by atoms with Gasteiger partial charge in [-0.1, -0.05) is 0 Å². The van der Waals surface area contributed by atoms with E-state index in [-0.39, 0.29) is 0 Å². The molecular weight excluding hydrogens is 230 g/mol. The third-order valence-electron chi connectivity index (χ3n) is 3.16. The summed E-state index contributed by atoms with van der Waals surface area (Å²) in [6.45, 7) is 1.51. The van der Waals surface area contributed by atoms with Crippen molar-refractivity contribution in [3.8, 4) is 17.1 Å². The molecular formula is C13H15N3O2. The van der Waals surface area contributed by atoms with Gasteiger partial charge in [-0.05, 0) is 12.5 Å². The normalized spacial score (nSPS) is 14.9. The van der Waals surface area contributed by atoms with Crippen LogP contribution in [0.4, 0.5) is 0 Å². The van der Waals surface area contributed by atoms with E-state index in [4.69, 9.17) is 9.47 Å². The van der Waals surface area contributed by atoms with Gasteiger partial charge in [-0.3, -0.25) is 5.10 Å². The van der Waals surface area contributed by atoms with E-state index in [9.17, 15) is 0 Å². The quantitative estimate of drug-likeness (QED) is 0.873. The number of fused-ring (bicyclic) bond motifs is 1. The number of aromatic amines is 1. The largest absolute Gasteiger partial charge is 0.481 e. The van der Waals surface area contributed by atoms with Gasteiger partial charge in [0.15, 0.2) is 0 Å². The summed E-state index contributed by atoms with van der Waals surface area (Å²) in [7, 11) is 1.61. The summed E-state index contributed by atoms with van der Waals surface area (Å²) in [6.07, 6.45) is 3.58. The van der Waals surface area contributed by atoms with Crippen LogP contribution in [0.15, 0.2) is 18.3 Å². The molecule has 0 bridgehead atoms. The van der Waals surface area contributed by atoms with Crippen LogP contribution in [-0.2, 0) is 17.6 Å². The number of hydrogen-bond donors (Lipinski definition) is 1. The fourth-order valence-electron chi connectivity index (χ4n) is 2.21. The summed E-state index contributed by atoms with van der Waals surface area (Å²) in [4.78, 5) is 4.22. The third-order valence-corrected chi connectivity index (χ3v) is 3.16. The van der Waals surface area contributed by atoms with Crippen LogP contribution in [0.2, 0.25) is 0 Å². The SMILES string of the molecule is COc1ccc(-c2n[nH]c3c2CCOCC3)cn1. The first-order valence-electron chi connectivity index (χ1n) is 6.03. The molecule has 0 fully saturated rings. The highest BCUT2D eigenvalue weighted by molar-refractivity contribution is 5.63. The van der Waals surface area contributed by atoms with E-state index in [2.05, 4.69) is 15.2 Å². The van der Waals surface area contributed by atoms with Crippen LogP contribution in [0.3, 0.4) is 0 Å². The number of methoxy groups -OCH3 is 1. The molecule has 2 aromatic heterocycles. The van der Waals surface area contributed by atoms with Gasteiger partial charge < -0.3 is 9.47 Å². The highest BCUT2D eigenvalue weighted by Crippen LogP contribution is 2.26. The minimum Gasteiger partial charge on any atom is -0.481 e. The lowest BCUT2D eigenvalue weighted by molar-refractivity contribution is 0.146. The molecule has 5 heteroatoms. The van der Waals surface area contributed by atoms with E-state index in [1.165, 1.54) is 11.3 Å². The fourth-order valence-corrected chi connectivity index (χ4v) is 2.21. The zero-order valence-electron chi connectivity index (χ0n) is 10.3. The molecule has 3 rings (SSSR count). The van der Waals surface area contributed by atoms with Crippen LogP contribution in [0.1, 0.15) is 11.3 Å². The second kappa shape index (κ2) is 4.78. The molecule has 0 aromatic carbocycles. The van der Waals surface area contributed by atoms with Crippen molar-refractivity contribution in [2.24, 2.45) is 0 Å². The Hall–Kier alpha value is -1.88. The molecule has 0 amide bonds. The predicted molar refractivity (Wildman–Crippen MR) is 66.6 cm³/mol. The topological polar surface area (TPSA) is 60.0 Å². The number of pyridine rings is 1. The van der Waals surface area contributed by atoms with Crippen LogP contribution in [0, 0.1) is 0 Å². The van der Waals surface area contributed by atoms with E-state index >= 15 is 0 Å². The monoisotopic (exact) mass is 245 g/mol. The Balaban J connectivity index is 1.98. The molecule has 0 atom stereocenters. The molecule has 0 saturated heterocycles. The van der Waals surface area contributed by atoms with E-state index in [0.717, 1.165) is 37.3 Å². The minimum atomic E-state index is 0.615. The number of hydrogen-bond acceptors (Lipinski definition) is 4. The van der Waals surface area contributed by atoms with Gasteiger partial charge in [0.1, 0.15) is 0 Å². The Morgan fingerprint density at radius 3 is 2.94 bits per heavy atom. The van der Waals surface area contributed by atoms with Crippen molar-refractivity contribution in [2.45, 2.75) is 12.8 Å². The summed E-state index contributed by atoms with van der Waals surface area (Å²) in [6, 6.07) is 3.83. The van der Waals surface area contributed by atoms with Crippen molar-refractivity contribution >= 4 is 0 Å². The molecule has 0 saturated carbocycles. The number of ether oxygens (including phenoxy) is 2. The maximum atomic E-state index is 5.48. The number of nitrogens with one attached hydrogen (secondary N) is 1. The first-order chi connectivity index (χ1) is 8.88. The van der Waals surface area contributed by atoms with Crippen molar-refractivity contribution in [3.63, 3.8) is 0 Å². The van der Waals surface area contributed by atoms with Crippen molar-refractivity contribution in [2.75, 3.05) is 20.3 Å². The number of aromatic nitrogens is 3. The van der Waals surface area contributed by atoms with Gasteiger partial charge in [-0.25, -0.2) is 4.98 Å². The van der Waals surface area contributed by atoms with Crippen molar-refractivity contribution in [3.05, 3.63) is 29.6 Å². The number of nitrogens with zero attached hydrogens (tertiary/aromatic N) is 2. The Morgan fingerprint density at radius 2 is 2.17 bits per heavy atom. The second-order valence-electron chi connectivity index (χ2n) is 4.23. The van der Waals surface area contributed by atoms with E-state index in [1.807, 2.05) is 12.1 Å². The molecule has 0 radical (unpaired) electrons. The maximum absolute atomic E-state index is 5.48. The van der Waals surface area contributed by atoms with Crippen LogP contribution in [-0.4, -0.2) is 35.5 Å². The molecule has 1 aliphatic rings. The van der Waals surface area contributed by atoms with Gasteiger partial charge in [-0.15, -0.1) is 0 Å². The van der Waals surface area contributed by atoms with Gasteiger partial charge in [0.05, 0.1) is 26.0 Å². The van der Waals surface area contributed by atoms with Gasteiger partial charge in [0.25, 0.3) is 0 Å². The lowest BCUT2D eigenvalue weighted by Crippen LogP contribution is -1.96. The molecule has 0 spiro atoms. The van der Waals surface area contributed by atoms with E-state index < -0.39 is 0 Å². The summed E-state index contributed by atoms with van der Waals surface area (Å²) in [5.74, 6) is 0.615. The molecule has 5 nitrogen and oxygen atoms in total. The molecule has 94 valence electrons. The summed E-state index contributed by atoms with van der Waals surface area (Å²) in [5.41, 5.74) is 4.42.